The first kappa shape index (κ1) is 11.4. The first-order valence-electron chi connectivity index (χ1n) is 5.13. The Morgan fingerprint density at radius 1 is 1.57 bits per heavy atom. The van der Waals surface area contributed by atoms with E-state index in [9.17, 15) is 5.11 Å². The molecule has 0 radical (unpaired) electrons. The number of hydrogen-bond donors (Lipinski definition) is 2. The summed E-state index contributed by atoms with van der Waals surface area (Å²) in [7, 11) is 1.66. The van der Waals surface area contributed by atoms with Gasteiger partial charge in [0.2, 0.25) is 0 Å². The van der Waals surface area contributed by atoms with E-state index >= 15 is 0 Å². The minimum atomic E-state index is -0.279. The molecule has 0 aromatic carbocycles. The minimum Gasteiger partial charge on any atom is -0.393 e. The molecule has 1 aliphatic rings. The van der Waals surface area contributed by atoms with Crippen LogP contribution in [-0.4, -0.2) is 41.9 Å². The molecule has 0 spiro atoms. The molecule has 1 fully saturated rings. The molecule has 0 heterocycles. The zero-order valence-corrected chi connectivity index (χ0v) is 8.93. The van der Waals surface area contributed by atoms with E-state index < -0.39 is 0 Å². The van der Waals surface area contributed by atoms with Gasteiger partial charge in [-0.3, -0.25) is 5.01 Å². The Hall–Kier alpha value is -0.680. The van der Waals surface area contributed by atoms with Crippen LogP contribution in [0.5, 0.6) is 0 Å². The maximum absolute atomic E-state index is 9.17. The molecule has 14 heavy (non-hydrogen) atoms. The van der Waals surface area contributed by atoms with E-state index in [1.54, 1.807) is 14.0 Å². The SMILES string of the molecule is C/N=N\N(CC[C@@H](C)O)[C@H]1C[C@H](N)C1. The van der Waals surface area contributed by atoms with Crippen LogP contribution in [-0.2, 0) is 0 Å². The number of nitrogens with zero attached hydrogens (tertiary/aromatic N) is 3. The molecule has 0 saturated heterocycles. The largest absolute Gasteiger partial charge is 0.393 e. The van der Waals surface area contributed by atoms with Gasteiger partial charge in [0.1, 0.15) is 0 Å². The normalized spacial score (nSPS) is 28.9. The standard InChI is InChI=1S/C9H20N4O/c1-7(14)3-4-13(12-11-2)9-5-8(10)6-9/h7-9,14H,3-6,10H2,1-2H3/b12-11-/t7-,8-,9-/m1/s1. The van der Waals surface area contributed by atoms with Crippen LogP contribution in [0.4, 0.5) is 0 Å². The van der Waals surface area contributed by atoms with Crippen molar-refractivity contribution in [2.24, 2.45) is 16.1 Å². The minimum absolute atomic E-state index is 0.279. The summed E-state index contributed by atoms with van der Waals surface area (Å²) in [6.45, 7) is 2.54. The average Bonchev–Trinajstić information content (AvgIpc) is 2.07. The summed E-state index contributed by atoms with van der Waals surface area (Å²) in [6, 6.07) is 0.744. The van der Waals surface area contributed by atoms with Gasteiger partial charge in [0.15, 0.2) is 0 Å². The zero-order valence-electron chi connectivity index (χ0n) is 8.93. The quantitative estimate of drug-likeness (QED) is 0.502. The molecule has 1 aliphatic carbocycles. The summed E-state index contributed by atoms with van der Waals surface area (Å²) in [4.78, 5) is 0. The van der Waals surface area contributed by atoms with Gasteiger partial charge in [0.25, 0.3) is 0 Å². The van der Waals surface area contributed by atoms with Crippen molar-refractivity contribution < 1.29 is 5.11 Å². The van der Waals surface area contributed by atoms with Gasteiger partial charge in [-0.05, 0) is 26.2 Å². The number of hydrogen-bond acceptors (Lipinski definition) is 4. The van der Waals surface area contributed by atoms with Gasteiger partial charge in [0.05, 0.1) is 19.2 Å². The van der Waals surface area contributed by atoms with Crippen molar-refractivity contribution in [1.82, 2.24) is 5.01 Å². The van der Waals surface area contributed by atoms with Crippen LogP contribution in [0.25, 0.3) is 0 Å². The second kappa shape index (κ2) is 5.26. The van der Waals surface area contributed by atoms with E-state index in [0.717, 1.165) is 25.8 Å². The maximum Gasteiger partial charge on any atom is 0.0529 e. The van der Waals surface area contributed by atoms with Crippen LogP contribution >= 0.6 is 0 Å². The highest BCUT2D eigenvalue weighted by atomic mass is 16.3. The maximum atomic E-state index is 9.17. The smallest absolute Gasteiger partial charge is 0.0529 e. The van der Waals surface area contributed by atoms with Crippen molar-refractivity contribution in [1.29, 1.82) is 0 Å². The summed E-state index contributed by atoms with van der Waals surface area (Å²) in [5.74, 6) is 0. The molecule has 0 aromatic rings. The summed E-state index contributed by atoms with van der Waals surface area (Å²) < 4.78 is 0. The van der Waals surface area contributed by atoms with E-state index in [1.165, 1.54) is 0 Å². The monoisotopic (exact) mass is 200 g/mol. The Labute approximate surface area is 85.0 Å². The third-order valence-corrected chi connectivity index (χ3v) is 2.55. The highest BCUT2D eigenvalue weighted by Crippen LogP contribution is 2.24. The topological polar surface area (TPSA) is 74.2 Å². The van der Waals surface area contributed by atoms with E-state index in [2.05, 4.69) is 10.3 Å². The van der Waals surface area contributed by atoms with Gasteiger partial charge in [-0.15, -0.1) is 0 Å². The molecule has 3 N–H and O–H groups in total. The lowest BCUT2D eigenvalue weighted by atomic mass is 9.87. The van der Waals surface area contributed by atoms with Gasteiger partial charge < -0.3 is 10.8 Å². The predicted molar refractivity (Wildman–Crippen MR) is 54.8 cm³/mol. The fourth-order valence-corrected chi connectivity index (χ4v) is 1.61. The van der Waals surface area contributed by atoms with Gasteiger partial charge >= 0.3 is 0 Å². The number of aliphatic hydroxyl groups excluding tert-OH is 1. The van der Waals surface area contributed by atoms with Crippen molar-refractivity contribution in [2.45, 2.75) is 44.4 Å². The van der Waals surface area contributed by atoms with Crippen molar-refractivity contribution in [3.63, 3.8) is 0 Å². The van der Waals surface area contributed by atoms with E-state index in [0.29, 0.717) is 12.1 Å². The fourth-order valence-electron chi connectivity index (χ4n) is 1.61. The Morgan fingerprint density at radius 3 is 2.64 bits per heavy atom. The molecular formula is C9H20N4O. The average molecular weight is 200 g/mol. The first-order chi connectivity index (χ1) is 6.63. The molecule has 0 unspecified atom stereocenters. The number of nitrogens with two attached hydrogens (primary N) is 1. The van der Waals surface area contributed by atoms with Crippen molar-refractivity contribution in [3.05, 3.63) is 0 Å². The number of rotatable bonds is 5. The molecule has 82 valence electrons. The van der Waals surface area contributed by atoms with E-state index in [4.69, 9.17) is 5.73 Å². The van der Waals surface area contributed by atoms with Gasteiger partial charge in [-0.25, -0.2) is 0 Å². The molecule has 0 aliphatic heterocycles. The summed E-state index contributed by atoms with van der Waals surface area (Å²) in [5.41, 5.74) is 5.71. The second-order valence-corrected chi connectivity index (χ2v) is 3.98. The second-order valence-electron chi connectivity index (χ2n) is 3.98. The summed E-state index contributed by atoms with van der Waals surface area (Å²) in [5, 5.41) is 18.9. The van der Waals surface area contributed by atoms with Gasteiger partial charge in [-0.1, -0.05) is 5.22 Å². The van der Waals surface area contributed by atoms with Crippen LogP contribution in [0.1, 0.15) is 26.2 Å². The summed E-state index contributed by atoms with van der Waals surface area (Å²) >= 11 is 0. The lowest BCUT2D eigenvalue weighted by Gasteiger charge is -2.39. The Bertz CT molecular complexity index is 189. The van der Waals surface area contributed by atoms with Crippen molar-refractivity contribution in [2.75, 3.05) is 13.6 Å². The van der Waals surface area contributed by atoms with Crippen LogP contribution in [0, 0.1) is 0 Å². The molecule has 1 saturated carbocycles. The highest BCUT2D eigenvalue weighted by Gasteiger charge is 2.30. The molecule has 1 atom stereocenters. The first-order valence-corrected chi connectivity index (χ1v) is 5.13. The van der Waals surface area contributed by atoms with E-state index in [1.807, 2.05) is 5.01 Å². The van der Waals surface area contributed by atoms with Crippen LogP contribution in [0.2, 0.25) is 0 Å². The van der Waals surface area contributed by atoms with Crippen LogP contribution < -0.4 is 5.73 Å². The molecule has 1 rings (SSSR count). The molecule has 0 aromatic heterocycles. The highest BCUT2D eigenvalue weighted by molar-refractivity contribution is 4.88. The Morgan fingerprint density at radius 2 is 2.21 bits per heavy atom. The number of aliphatic hydroxyl groups is 1. The molecule has 5 heteroatoms. The van der Waals surface area contributed by atoms with Crippen molar-refractivity contribution in [3.8, 4) is 0 Å². The molecular weight excluding hydrogens is 180 g/mol. The van der Waals surface area contributed by atoms with Crippen molar-refractivity contribution >= 4 is 0 Å². The predicted octanol–water partition coefficient (Wildman–Crippen LogP) is 0.546. The third kappa shape index (κ3) is 3.23. The van der Waals surface area contributed by atoms with Crippen LogP contribution in [0.15, 0.2) is 10.3 Å². The summed E-state index contributed by atoms with van der Waals surface area (Å²) in [6.07, 6.45) is 2.42. The third-order valence-electron chi connectivity index (χ3n) is 2.55. The van der Waals surface area contributed by atoms with Gasteiger partial charge in [0, 0.05) is 12.6 Å². The molecule has 5 nitrogen and oxygen atoms in total. The molecule has 0 amide bonds. The Kier molecular flexibility index (Phi) is 4.28. The lowest BCUT2D eigenvalue weighted by Crippen LogP contribution is -2.49. The lowest BCUT2D eigenvalue weighted by molar-refractivity contribution is 0.0823. The van der Waals surface area contributed by atoms with Gasteiger partial charge in [-0.2, -0.15) is 5.11 Å². The zero-order chi connectivity index (χ0) is 10.6. The molecule has 0 bridgehead atoms. The van der Waals surface area contributed by atoms with E-state index in [-0.39, 0.29) is 6.10 Å². The Balaban J connectivity index is 2.32. The van der Waals surface area contributed by atoms with Crippen LogP contribution in [0.3, 0.4) is 0 Å². The fraction of sp³-hybridized carbons (Fsp3) is 1.00.